The van der Waals surface area contributed by atoms with E-state index < -0.39 is 0 Å². The summed E-state index contributed by atoms with van der Waals surface area (Å²) in [4.78, 5) is 0. The molecule has 0 amide bonds. The highest BCUT2D eigenvalue weighted by Gasteiger charge is 2.11. The highest BCUT2D eigenvalue weighted by Crippen LogP contribution is 2.36. The second-order valence-corrected chi connectivity index (χ2v) is 5.32. The second-order valence-electron chi connectivity index (χ2n) is 4.54. The van der Waals surface area contributed by atoms with Gasteiger partial charge < -0.3 is 9.47 Å². The summed E-state index contributed by atoms with van der Waals surface area (Å²) in [5.41, 5.74) is 5.43. The first-order valence-electron chi connectivity index (χ1n) is 6.52. The standard InChI is InChI=1S/C16H16Cl2N2O2/c1-10-4-6-12(8-13(10)17)20-19-9-11-5-7-14(21-2)16(22-3)15(11)18/h4-9,20H,1-3H3/b19-9+. The Hall–Kier alpha value is -1.91. The van der Waals surface area contributed by atoms with Gasteiger partial charge >= 0.3 is 0 Å². The van der Waals surface area contributed by atoms with E-state index in [4.69, 9.17) is 32.7 Å². The maximum Gasteiger partial charge on any atom is 0.180 e. The number of methoxy groups -OCH3 is 2. The zero-order valence-corrected chi connectivity index (χ0v) is 14.0. The van der Waals surface area contributed by atoms with E-state index in [1.807, 2.05) is 25.1 Å². The normalized spacial score (nSPS) is 10.8. The zero-order valence-electron chi connectivity index (χ0n) is 12.5. The van der Waals surface area contributed by atoms with Crippen LogP contribution in [0.2, 0.25) is 10.0 Å². The van der Waals surface area contributed by atoms with Gasteiger partial charge in [0.25, 0.3) is 0 Å². The molecule has 6 heteroatoms. The molecule has 2 rings (SSSR count). The predicted octanol–water partition coefficient (Wildman–Crippen LogP) is 4.77. The van der Waals surface area contributed by atoms with Crippen molar-refractivity contribution < 1.29 is 9.47 Å². The smallest absolute Gasteiger partial charge is 0.180 e. The maximum absolute atomic E-state index is 6.28. The molecule has 0 radical (unpaired) electrons. The number of anilines is 1. The summed E-state index contributed by atoms with van der Waals surface area (Å²) < 4.78 is 10.4. The summed E-state index contributed by atoms with van der Waals surface area (Å²) in [7, 11) is 3.10. The molecule has 0 saturated carbocycles. The number of rotatable bonds is 5. The maximum atomic E-state index is 6.28. The fourth-order valence-electron chi connectivity index (χ4n) is 1.84. The third kappa shape index (κ3) is 3.64. The number of hydrogen-bond acceptors (Lipinski definition) is 4. The lowest BCUT2D eigenvalue weighted by Gasteiger charge is -2.10. The van der Waals surface area contributed by atoms with Crippen LogP contribution in [-0.2, 0) is 0 Å². The SMILES string of the molecule is COc1ccc(/C=N/Nc2ccc(C)c(Cl)c2)c(Cl)c1OC. The number of halogens is 2. The summed E-state index contributed by atoms with van der Waals surface area (Å²) in [6.45, 7) is 1.94. The second kappa shape index (κ2) is 7.38. The molecule has 0 spiro atoms. The number of nitrogens with zero attached hydrogens (tertiary/aromatic N) is 1. The Balaban J connectivity index is 2.18. The Labute approximate surface area is 139 Å². The van der Waals surface area contributed by atoms with E-state index in [0.29, 0.717) is 27.1 Å². The molecule has 1 N–H and O–H groups in total. The molecule has 0 aliphatic heterocycles. The van der Waals surface area contributed by atoms with Crippen molar-refractivity contribution in [1.82, 2.24) is 0 Å². The van der Waals surface area contributed by atoms with Gasteiger partial charge in [0.1, 0.15) is 0 Å². The molecule has 0 heterocycles. The van der Waals surface area contributed by atoms with Crippen LogP contribution in [0.15, 0.2) is 35.4 Å². The average Bonchev–Trinajstić information content (AvgIpc) is 2.52. The first-order chi connectivity index (χ1) is 10.6. The number of hydrogen-bond donors (Lipinski definition) is 1. The Morgan fingerprint density at radius 2 is 1.86 bits per heavy atom. The van der Waals surface area contributed by atoms with Crippen LogP contribution in [0.1, 0.15) is 11.1 Å². The Morgan fingerprint density at radius 1 is 1.09 bits per heavy atom. The fraction of sp³-hybridized carbons (Fsp3) is 0.188. The number of hydrazone groups is 1. The Morgan fingerprint density at radius 3 is 2.50 bits per heavy atom. The summed E-state index contributed by atoms with van der Waals surface area (Å²) >= 11 is 12.3. The van der Waals surface area contributed by atoms with Crippen molar-refractivity contribution in [2.24, 2.45) is 5.10 Å². The molecule has 4 nitrogen and oxygen atoms in total. The third-order valence-electron chi connectivity index (χ3n) is 3.08. The molecule has 0 aromatic heterocycles. The van der Waals surface area contributed by atoms with Crippen molar-refractivity contribution in [3.05, 3.63) is 51.5 Å². The van der Waals surface area contributed by atoms with Crippen LogP contribution in [0, 0.1) is 6.92 Å². The third-order valence-corrected chi connectivity index (χ3v) is 3.88. The van der Waals surface area contributed by atoms with Crippen LogP contribution < -0.4 is 14.9 Å². The lowest BCUT2D eigenvalue weighted by atomic mass is 10.2. The molecule has 0 saturated heterocycles. The van der Waals surface area contributed by atoms with E-state index in [1.165, 1.54) is 7.11 Å². The van der Waals surface area contributed by atoms with Gasteiger partial charge in [-0.1, -0.05) is 29.3 Å². The molecule has 22 heavy (non-hydrogen) atoms. The lowest BCUT2D eigenvalue weighted by molar-refractivity contribution is 0.355. The molecular formula is C16H16Cl2N2O2. The molecule has 2 aromatic rings. The van der Waals surface area contributed by atoms with Gasteiger partial charge in [0.05, 0.1) is 31.1 Å². The number of ether oxygens (including phenoxy) is 2. The minimum absolute atomic E-state index is 0.439. The highest BCUT2D eigenvalue weighted by atomic mass is 35.5. The first-order valence-corrected chi connectivity index (χ1v) is 7.28. The average molecular weight is 339 g/mol. The van der Waals surface area contributed by atoms with E-state index in [1.54, 1.807) is 25.5 Å². The van der Waals surface area contributed by atoms with E-state index >= 15 is 0 Å². The van der Waals surface area contributed by atoms with Crippen molar-refractivity contribution in [1.29, 1.82) is 0 Å². The van der Waals surface area contributed by atoms with Gasteiger partial charge in [-0.05, 0) is 36.8 Å². The first kappa shape index (κ1) is 16.5. The van der Waals surface area contributed by atoms with Crippen LogP contribution in [-0.4, -0.2) is 20.4 Å². The summed E-state index contributed by atoms with van der Waals surface area (Å²) in [5.74, 6) is 1.05. The minimum Gasteiger partial charge on any atom is -0.493 e. The van der Waals surface area contributed by atoms with Crippen molar-refractivity contribution in [2.75, 3.05) is 19.6 Å². The van der Waals surface area contributed by atoms with Crippen molar-refractivity contribution >= 4 is 35.1 Å². The van der Waals surface area contributed by atoms with Crippen molar-refractivity contribution in [3.8, 4) is 11.5 Å². The number of benzene rings is 2. The monoisotopic (exact) mass is 338 g/mol. The Kier molecular flexibility index (Phi) is 5.52. The van der Waals surface area contributed by atoms with E-state index in [2.05, 4.69) is 10.5 Å². The molecule has 0 bridgehead atoms. The van der Waals surface area contributed by atoms with E-state index in [9.17, 15) is 0 Å². The molecule has 2 aromatic carbocycles. The van der Waals surface area contributed by atoms with Gasteiger partial charge in [0.15, 0.2) is 11.5 Å². The summed E-state index contributed by atoms with van der Waals surface area (Å²) in [5, 5.41) is 5.28. The molecule has 116 valence electrons. The van der Waals surface area contributed by atoms with Gasteiger partial charge in [-0.3, -0.25) is 5.43 Å². The predicted molar refractivity (Wildman–Crippen MR) is 92.0 cm³/mol. The molecule has 0 aliphatic rings. The molecule has 0 aliphatic carbocycles. The summed E-state index contributed by atoms with van der Waals surface area (Å²) in [6.07, 6.45) is 1.61. The van der Waals surface area contributed by atoms with Crippen LogP contribution in [0.4, 0.5) is 5.69 Å². The van der Waals surface area contributed by atoms with Gasteiger partial charge in [-0.15, -0.1) is 0 Å². The van der Waals surface area contributed by atoms with Gasteiger partial charge in [0.2, 0.25) is 0 Å². The van der Waals surface area contributed by atoms with Crippen LogP contribution in [0.3, 0.4) is 0 Å². The number of nitrogens with one attached hydrogen (secondary N) is 1. The quantitative estimate of drug-likeness (QED) is 0.631. The largest absolute Gasteiger partial charge is 0.493 e. The fourth-order valence-corrected chi connectivity index (χ4v) is 2.31. The molecule has 0 unspecified atom stereocenters. The zero-order chi connectivity index (χ0) is 16.1. The highest BCUT2D eigenvalue weighted by molar-refractivity contribution is 6.34. The van der Waals surface area contributed by atoms with Crippen LogP contribution in [0.5, 0.6) is 11.5 Å². The van der Waals surface area contributed by atoms with Gasteiger partial charge in [-0.2, -0.15) is 5.10 Å². The number of aryl methyl sites for hydroxylation is 1. The molecule has 0 fully saturated rings. The lowest BCUT2D eigenvalue weighted by Crippen LogP contribution is -1.96. The van der Waals surface area contributed by atoms with Crippen LogP contribution >= 0.6 is 23.2 Å². The van der Waals surface area contributed by atoms with Crippen molar-refractivity contribution in [2.45, 2.75) is 6.92 Å². The van der Waals surface area contributed by atoms with E-state index in [-0.39, 0.29) is 0 Å². The van der Waals surface area contributed by atoms with Crippen molar-refractivity contribution in [3.63, 3.8) is 0 Å². The molecular weight excluding hydrogens is 323 g/mol. The topological polar surface area (TPSA) is 42.8 Å². The van der Waals surface area contributed by atoms with E-state index in [0.717, 1.165) is 11.3 Å². The Bertz CT molecular complexity index is 703. The molecule has 0 atom stereocenters. The van der Waals surface area contributed by atoms with Crippen LogP contribution in [0.25, 0.3) is 0 Å². The minimum atomic E-state index is 0.439. The van der Waals surface area contributed by atoms with Gasteiger partial charge in [-0.25, -0.2) is 0 Å². The summed E-state index contributed by atoms with van der Waals surface area (Å²) in [6, 6.07) is 9.20. The van der Waals surface area contributed by atoms with Gasteiger partial charge in [0, 0.05) is 10.6 Å².